The van der Waals surface area contributed by atoms with Crippen LogP contribution in [0.15, 0.2) is 5.11 Å². The van der Waals surface area contributed by atoms with Gasteiger partial charge in [0, 0.05) is 0 Å². The molecule has 1 heterocycles. The number of nitrogens with one attached hydrogen (secondary N) is 2. The Bertz CT molecular complexity index is 305. The molecule has 1 rings (SSSR count). The van der Waals surface area contributed by atoms with Crippen LogP contribution in [0.2, 0.25) is 0 Å². The van der Waals surface area contributed by atoms with E-state index in [-0.39, 0.29) is 17.8 Å². The molecule has 0 bridgehead atoms. The van der Waals surface area contributed by atoms with Crippen molar-refractivity contribution in [1.82, 2.24) is 15.0 Å². The maximum atomic E-state index is 6.66. The number of rotatable bonds is 3. The summed E-state index contributed by atoms with van der Waals surface area (Å²) in [6.07, 6.45) is 0. The molecule has 0 spiro atoms. The lowest BCUT2D eigenvalue weighted by molar-refractivity contribution is 0.839. The number of hydrogen-bond acceptors (Lipinski definition) is 10. The fraction of sp³-hybridized carbons (Fsp3) is 0. The first-order chi connectivity index (χ1) is 6.17. The van der Waals surface area contributed by atoms with Crippen molar-refractivity contribution in [2.45, 2.75) is 0 Å². The average Bonchev–Trinajstić information content (AvgIpc) is 2.16. The second-order valence-electron chi connectivity index (χ2n) is 1.92. The van der Waals surface area contributed by atoms with Crippen molar-refractivity contribution in [3.63, 3.8) is 0 Å². The minimum absolute atomic E-state index is 0.0249. The molecule has 1 aromatic heterocycles. The lowest BCUT2D eigenvalue weighted by atomic mass is 10.8. The smallest absolute Gasteiger partial charge is 0.274 e. The molecule has 0 unspecified atom stereocenters. The van der Waals surface area contributed by atoms with Crippen LogP contribution in [0.4, 0.5) is 17.8 Å². The van der Waals surface area contributed by atoms with Crippen LogP contribution in [0, 0.1) is 5.53 Å². The second-order valence-corrected chi connectivity index (χ2v) is 1.92. The second kappa shape index (κ2) is 3.66. The van der Waals surface area contributed by atoms with Crippen molar-refractivity contribution in [3.8, 4) is 0 Å². The van der Waals surface area contributed by atoms with Gasteiger partial charge in [0.25, 0.3) is 11.9 Å². The van der Waals surface area contributed by atoms with E-state index >= 15 is 0 Å². The predicted molar refractivity (Wildman–Crippen MR) is 43.3 cm³/mol. The molecule has 10 heteroatoms. The van der Waals surface area contributed by atoms with Crippen LogP contribution < -0.4 is 28.1 Å². The lowest BCUT2D eigenvalue weighted by Crippen LogP contribution is -2.39. The number of nitrogens with two attached hydrogens (primary N) is 3. The molecule has 10 nitrogen and oxygen atoms in total. The van der Waals surface area contributed by atoms with Crippen LogP contribution in [0.5, 0.6) is 0 Å². The van der Waals surface area contributed by atoms with E-state index in [9.17, 15) is 0 Å². The highest BCUT2D eigenvalue weighted by atomic mass is 15.6. The molecule has 0 aliphatic rings. The molecule has 0 atom stereocenters. The molecule has 0 aliphatic heterocycles. The van der Waals surface area contributed by atoms with Crippen LogP contribution in [-0.2, 0) is 0 Å². The number of aromatic nitrogens is 3. The van der Waals surface area contributed by atoms with Crippen molar-refractivity contribution in [3.05, 3.63) is 0 Å². The molecule has 0 radical (unpaired) electrons. The van der Waals surface area contributed by atoms with Gasteiger partial charge in [-0.05, 0) is 0 Å². The van der Waals surface area contributed by atoms with Crippen LogP contribution in [-0.4, -0.2) is 15.0 Å². The van der Waals surface area contributed by atoms with Gasteiger partial charge in [-0.25, -0.2) is 28.2 Å². The Morgan fingerprint density at radius 3 is 2.46 bits per heavy atom. The monoisotopic (exact) mass is 184 g/mol. The molecule has 13 heavy (non-hydrogen) atoms. The number of nitrogen functional groups attached to an aromatic ring is 1. The first kappa shape index (κ1) is 9.18. The summed E-state index contributed by atoms with van der Waals surface area (Å²) in [5, 5.41) is 3.64. The van der Waals surface area contributed by atoms with E-state index in [4.69, 9.17) is 23.1 Å². The Labute approximate surface area is 72.6 Å². The zero-order valence-electron chi connectivity index (χ0n) is 6.47. The summed E-state index contributed by atoms with van der Waals surface area (Å²) in [6.45, 7) is 0. The molecule has 0 aromatic carbocycles. The van der Waals surface area contributed by atoms with Gasteiger partial charge in [0.15, 0.2) is 0 Å². The van der Waals surface area contributed by atoms with Gasteiger partial charge in [0.05, 0.1) is 0 Å². The molecular formula is C3H8N10. The third-order valence-electron chi connectivity index (χ3n) is 1.07. The topological polar surface area (TPSA) is 168 Å². The largest absolute Gasteiger partial charge is 0.292 e. The lowest BCUT2D eigenvalue weighted by Gasteiger charge is -2.09. The van der Waals surface area contributed by atoms with Gasteiger partial charge in [0.2, 0.25) is 5.95 Å². The van der Waals surface area contributed by atoms with E-state index < -0.39 is 0 Å². The maximum Gasteiger partial charge on any atom is 0.274 e. The van der Waals surface area contributed by atoms with Crippen LogP contribution >= 0.6 is 0 Å². The summed E-state index contributed by atoms with van der Waals surface area (Å²) in [7, 11) is 0. The number of nitrogens with zero attached hydrogens (tertiary/aromatic N) is 5. The summed E-state index contributed by atoms with van der Waals surface area (Å²) < 4.78 is 0. The summed E-state index contributed by atoms with van der Waals surface area (Å²) in [5.41, 5.74) is 8.81. The highest BCUT2D eigenvalue weighted by molar-refractivity contribution is 5.38. The first-order valence-electron chi connectivity index (χ1n) is 3.07. The van der Waals surface area contributed by atoms with Gasteiger partial charge in [-0.15, -0.1) is 5.11 Å². The third-order valence-corrected chi connectivity index (χ3v) is 1.07. The molecule has 0 saturated carbocycles. The van der Waals surface area contributed by atoms with Gasteiger partial charge in [0.1, 0.15) is 0 Å². The Balaban J connectivity index is 3.14. The molecule has 0 aliphatic carbocycles. The quantitative estimate of drug-likeness (QED) is 0.212. The molecule has 0 amide bonds. The molecule has 0 saturated heterocycles. The van der Waals surface area contributed by atoms with E-state index in [0.717, 1.165) is 0 Å². The van der Waals surface area contributed by atoms with Gasteiger partial charge in [-0.2, -0.15) is 15.0 Å². The minimum atomic E-state index is -0.140. The zero-order valence-corrected chi connectivity index (χ0v) is 6.47. The Hall–Kier alpha value is -1.91. The Morgan fingerprint density at radius 1 is 1.31 bits per heavy atom. The highest BCUT2D eigenvalue weighted by Gasteiger charge is 2.06. The van der Waals surface area contributed by atoms with E-state index in [1.165, 1.54) is 0 Å². The first-order valence-corrected chi connectivity index (χ1v) is 3.07. The van der Waals surface area contributed by atoms with Gasteiger partial charge >= 0.3 is 0 Å². The SMILES string of the molecule is N=Nc1nc(NN)nc(N(N)N)n1. The van der Waals surface area contributed by atoms with E-state index in [0.29, 0.717) is 5.12 Å². The molecule has 1 aromatic rings. The Morgan fingerprint density at radius 2 is 2.00 bits per heavy atom. The predicted octanol–water partition coefficient (Wildman–Crippen LogP) is -1.63. The average molecular weight is 184 g/mol. The summed E-state index contributed by atoms with van der Waals surface area (Å²) in [6, 6.07) is 0. The fourth-order valence-corrected chi connectivity index (χ4v) is 0.584. The number of hydrogen-bond donors (Lipinski definition) is 5. The minimum Gasteiger partial charge on any atom is -0.292 e. The maximum absolute atomic E-state index is 6.66. The molecular weight excluding hydrogens is 176 g/mol. The third kappa shape index (κ3) is 2.02. The normalized spacial score (nSPS) is 9.46. The van der Waals surface area contributed by atoms with Gasteiger partial charge in [-0.3, -0.25) is 5.43 Å². The van der Waals surface area contributed by atoms with E-state index in [1.807, 2.05) is 0 Å². The van der Waals surface area contributed by atoms with Crippen molar-refractivity contribution in [2.75, 3.05) is 10.5 Å². The van der Waals surface area contributed by atoms with Crippen LogP contribution in [0.3, 0.4) is 0 Å². The van der Waals surface area contributed by atoms with Gasteiger partial charge in [-0.1, -0.05) is 0 Å². The van der Waals surface area contributed by atoms with Crippen molar-refractivity contribution in [1.29, 1.82) is 5.53 Å². The van der Waals surface area contributed by atoms with Gasteiger partial charge < -0.3 is 0 Å². The Kier molecular flexibility index (Phi) is 2.59. The summed E-state index contributed by atoms with van der Waals surface area (Å²) in [5.74, 6) is 15.2. The highest BCUT2D eigenvalue weighted by Crippen LogP contribution is 2.10. The number of anilines is 2. The summed E-state index contributed by atoms with van der Waals surface area (Å²) >= 11 is 0. The molecule has 0 fully saturated rings. The standard InChI is InChI=1S/C3H8N10/c4-11-1-8-2(12-5)10-3(9-1)13(6)7/h4H,5-7H2,(H,8,9,10,12). The van der Waals surface area contributed by atoms with E-state index in [2.05, 4.69) is 25.5 Å². The van der Waals surface area contributed by atoms with Crippen molar-refractivity contribution in [2.24, 2.45) is 22.6 Å². The molecule has 8 N–H and O–H groups in total. The van der Waals surface area contributed by atoms with E-state index in [1.54, 1.807) is 0 Å². The fourth-order valence-electron chi connectivity index (χ4n) is 0.584. The number of hydrazine groups is 3. The van der Waals surface area contributed by atoms with Crippen LogP contribution in [0.1, 0.15) is 0 Å². The van der Waals surface area contributed by atoms with Crippen molar-refractivity contribution < 1.29 is 0 Å². The summed E-state index contributed by atoms with van der Waals surface area (Å²) in [4.78, 5) is 10.9. The van der Waals surface area contributed by atoms with Crippen LogP contribution in [0.25, 0.3) is 0 Å². The zero-order chi connectivity index (χ0) is 9.84. The van der Waals surface area contributed by atoms with Crippen molar-refractivity contribution >= 4 is 17.8 Å². The molecule has 70 valence electrons.